The molecular formula is C22H24N2O5. The number of ether oxygens (including phenoxy) is 3. The van der Waals surface area contributed by atoms with Gasteiger partial charge in [0.1, 0.15) is 0 Å². The van der Waals surface area contributed by atoms with Crippen molar-refractivity contribution in [1.82, 2.24) is 4.90 Å². The largest absolute Gasteiger partial charge is 0.493 e. The first-order valence-corrected chi connectivity index (χ1v) is 9.29. The highest BCUT2D eigenvalue weighted by atomic mass is 16.5. The predicted molar refractivity (Wildman–Crippen MR) is 110 cm³/mol. The van der Waals surface area contributed by atoms with Crippen LogP contribution < -0.4 is 14.8 Å². The number of amides is 2. The number of nitrogens with zero attached hydrogens (tertiary/aromatic N) is 1. The normalized spacial score (nSPS) is 13.9. The number of hydrogen-bond acceptors (Lipinski definition) is 5. The topological polar surface area (TPSA) is 77.1 Å². The minimum Gasteiger partial charge on any atom is -0.493 e. The molecule has 1 fully saturated rings. The number of carbonyl (C=O) groups excluding carboxylic acids is 2. The third kappa shape index (κ3) is 5.14. The predicted octanol–water partition coefficient (Wildman–Crippen LogP) is 2.83. The van der Waals surface area contributed by atoms with Crippen molar-refractivity contribution in [2.45, 2.75) is 0 Å². The molecule has 0 bridgehead atoms. The molecule has 0 unspecified atom stereocenters. The number of rotatable bonds is 6. The Hall–Kier alpha value is -3.32. The summed E-state index contributed by atoms with van der Waals surface area (Å²) in [4.78, 5) is 26.9. The average Bonchev–Trinajstić information content (AvgIpc) is 2.78. The van der Waals surface area contributed by atoms with Crippen molar-refractivity contribution >= 4 is 23.6 Å². The van der Waals surface area contributed by atoms with E-state index in [2.05, 4.69) is 5.32 Å². The van der Waals surface area contributed by atoms with Crippen molar-refractivity contribution in [3.8, 4) is 11.5 Å². The summed E-state index contributed by atoms with van der Waals surface area (Å²) in [5.41, 5.74) is 1.73. The summed E-state index contributed by atoms with van der Waals surface area (Å²) in [6, 6.07) is 12.4. The highest BCUT2D eigenvalue weighted by molar-refractivity contribution is 6.07. The minimum atomic E-state index is -0.331. The number of methoxy groups -OCH3 is 2. The lowest BCUT2D eigenvalue weighted by Gasteiger charge is -2.27. The van der Waals surface area contributed by atoms with Gasteiger partial charge in [0.15, 0.2) is 11.5 Å². The standard InChI is InChI=1S/C22H24N2O5/c1-27-19-9-7-16(15-20(19)28-2)8-10-21(25)23-18-6-4-3-5-17(18)22(26)24-11-13-29-14-12-24/h3-10,15H,11-14H2,1-2H3,(H,23,25). The van der Waals surface area contributed by atoms with Gasteiger partial charge in [-0.25, -0.2) is 0 Å². The van der Waals surface area contributed by atoms with Crippen molar-refractivity contribution in [3.05, 3.63) is 59.7 Å². The van der Waals surface area contributed by atoms with E-state index in [0.717, 1.165) is 5.56 Å². The molecule has 29 heavy (non-hydrogen) atoms. The third-order valence-corrected chi connectivity index (χ3v) is 4.55. The lowest BCUT2D eigenvalue weighted by atomic mass is 10.1. The van der Waals surface area contributed by atoms with E-state index >= 15 is 0 Å². The molecule has 2 amide bonds. The Bertz CT molecular complexity index is 904. The molecule has 1 aliphatic rings. The van der Waals surface area contributed by atoms with E-state index in [1.807, 2.05) is 6.07 Å². The van der Waals surface area contributed by atoms with Crippen molar-refractivity contribution in [1.29, 1.82) is 0 Å². The second-order valence-electron chi connectivity index (χ2n) is 6.39. The zero-order chi connectivity index (χ0) is 20.6. The zero-order valence-corrected chi connectivity index (χ0v) is 16.5. The molecule has 0 spiro atoms. The Morgan fingerprint density at radius 1 is 1.03 bits per heavy atom. The third-order valence-electron chi connectivity index (χ3n) is 4.55. The number of carbonyl (C=O) groups is 2. The van der Waals surface area contributed by atoms with Gasteiger partial charge in [0.2, 0.25) is 5.91 Å². The van der Waals surface area contributed by atoms with E-state index in [0.29, 0.717) is 49.1 Å². The monoisotopic (exact) mass is 396 g/mol. The van der Waals surface area contributed by atoms with Gasteiger partial charge in [0.05, 0.1) is 38.7 Å². The van der Waals surface area contributed by atoms with Gasteiger partial charge in [-0.15, -0.1) is 0 Å². The van der Waals surface area contributed by atoms with Crippen LogP contribution in [0.2, 0.25) is 0 Å². The van der Waals surface area contributed by atoms with E-state index in [1.54, 1.807) is 61.6 Å². The minimum absolute atomic E-state index is 0.118. The van der Waals surface area contributed by atoms with Crippen LogP contribution in [-0.4, -0.2) is 57.2 Å². The first kappa shape index (κ1) is 20.4. The molecule has 7 nitrogen and oxygen atoms in total. The molecule has 1 heterocycles. The maximum absolute atomic E-state index is 12.8. The molecule has 0 atom stereocenters. The molecule has 0 saturated carbocycles. The molecule has 0 aliphatic carbocycles. The first-order chi connectivity index (χ1) is 14.1. The number of nitrogens with one attached hydrogen (secondary N) is 1. The van der Waals surface area contributed by atoms with Crippen LogP contribution >= 0.6 is 0 Å². The van der Waals surface area contributed by atoms with Gasteiger partial charge in [0.25, 0.3) is 5.91 Å². The summed E-state index contributed by atoms with van der Waals surface area (Å²) in [6.07, 6.45) is 3.08. The van der Waals surface area contributed by atoms with Gasteiger partial charge in [-0.1, -0.05) is 18.2 Å². The summed E-state index contributed by atoms with van der Waals surface area (Å²) in [6.45, 7) is 2.13. The summed E-state index contributed by atoms with van der Waals surface area (Å²) in [5, 5.41) is 2.79. The van der Waals surface area contributed by atoms with Gasteiger partial charge >= 0.3 is 0 Å². The van der Waals surface area contributed by atoms with Gasteiger partial charge in [-0.05, 0) is 35.9 Å². The fraction of sp³-hybridized carbons (Fsp3) is 0.273. The van der Waals surface area contributed by atoms with Crippen LogP contribution in [0.3, 0.4) is 0 Å². The van der Waals surface area contributed by atoms with Crippen LogP contribution in [0.1, 0.15) is 15.9 Å². The molecule has 7 heteroatoms. The Kier molecular flexibility index (Phi) is 6.86. The fourth-order valence-corrected chi connectivity index (χ4v) is 3.02. The van der Waals surface area contributed by atoms with Crippen LogP contribution in [0, 0.1) is 0 Å². The quantitative estimate of drug-likeness (QED) is 0.760. The van der Waals surface area contributed by atoms with Crippen molar-refractivity contribution in [2.24, 2.45) is 0 Å². The zero-order valence-electron chi connectivity index (χ0n) is 16.5. The summed E-state index contributed by atoms with van der Waals surface area (Å²) < 4.78 is 15.8. The maximum atomic E-state index is 12.8. The second-order valence-corrected chi connectivity index (χ2v) is 6.39. The fourth-order valence-electron chi connectivity index (χ4n) is 3.02. The highest BCUT2D eigenvalue weighted by Gasteiger charge is 2.21. The maximum Gasteiger partial charge on any atom is 0.256 e. The van der Waals surface area contributed by atoms with Gasteiger partial charge in [-0.2, -0.15) is 0 Å². The Morgan fingerprint density at radius 3 is 2.48 bits per heavy atom. The van der Waals surface area contributed by atoms with Gasteiger partial charge < -0.3 is 24.4 Å². The SMILES string of the molecule is COc1ccc(C=CC(=O)Nc2ccccc2C(=O)N2CCOCC2)cc1OC. The van der Waals surface area contributed by atoms with Crippen LogP contribution in [0.15, 0.2) is 48.5 Å². The van der Waals surface area contributed by atoms with E-state index < -0.39 is 0 Å². The average molecular weight is 396 g/mol. The molecule has 2 aromatic carbocycles. The molecule has 0 radical (unpaired) electrons. The summed E-state index contributed by atoms with van der Waals surface area (Å²) in [7, 11) is 3.12. The second kappa shape index (κ2) is 9.75. The van der Waals surface area contributed by atoms with Crippen LogP contribution in [-0.2, 0) is 9.53 Å². The number of benzene rings is 2. The first-order valence-electron chi connectivity index (χ1n) is 9.29. The Morgan fingerprint density at radius 2 is 1.76 bits per heavy atom. The number of anilines is 1. The van der Waals surface area contributed by atoms with E-state index in [1.165, 1.54) is 6.08 Å². The van der Waals surface area contributed by atoms with Crippen LogP contribution in [0.4, 0.5) is 5.69 Å². The van der Waals surface area contributed by atoms with Gasteiger partial charge in [-0.3, -0.25) is 9.59 Å². The van der Waals surface area contributed by atoms with E-state index in [-0.39, 0.29) is 11.8 Å². The number of hydrogen-bond donors (Lipinski definition) is 1. The van der Waals surface area contributed by atoms with E-state index in [9.17, 15) is 9.59 Å². The highest BCUT2D eigenvalue weighted by Crippen LogP contribution is 2.28. The Balaban J connectivity index is 1.71. The Labute approximate surface area is 169 Å². The molecule has 0 aromatic heterocycles. The van der Waals surface area contributed by atoms with Crippen molar-refractivity contribution < 1.29 is 23.8 Å². The number of morpholine rings is 1. The van der Waals surface area contributed by atoms with Crippen molar-refractivity contribution in [2.75, 3.05) is 45.8 Å². The molecule has 1 aliphatic heterocycles. The van der Waals surface area contributed by atoms with E-state index in [4.69, 9.17) is 14.2 Å². The smallest absolute Gasteiger partial charge is 0.256 e. The molecular weight excluding hydrogens is 372 g/mol. The van der Waals surface area contributed by atoms with Crippen LogP contribution in [0.5, 0.6) is 11.5 Å². The molecule has 152 valence electrons. The van der Waals surface area contributed by atoms with Gasteiger partial charge in [0, 0.05) is 19.2 Å². The number of para-hydroxylation sites is 1. The molecule has 3 rings (SSSR count). The van der Waals surface area contributed by atoms with Crippen LogP contribution in [0.25, 0.3) is 6.08 Å². The lowest BCUT2D eigenvalue weighted by molar-refractivity contribution is -0.111. The molecule has 2 aromatic rings. The molecule has 1 saturated heterocycles. The molecule has 1 N–H and O–H groups in total. The summed E-state index contributed by atoms with van der Waals surface area (Å²) >= 11 is 0. The summed E-state index contributed by atoms with van der Waals surface area (Å²) in [5.74, 6) is 0.747. The lowest BCUT2D eigenvalue weighted by Crippen LogP contribution is -2.41. The van der Waals surface area contributed by atoms with Crippen molar-refractivity contribution in [3.63, 3.8) is 0 Å².